The number of hydrogen-bond acceptors (Lipinski definition) is 5. The number of ether oxygens (including phenoxy) is 1. The zero-order valence-electron chi connectivity index (χ0n) is 16.5. The molecule has 1 heterocycles. The number of ketones is 1. The number of halogens is 2. The van der Waals surface area contributed by atoms with E-state index in [2.05, 4.69) is 14.8 Å². The predicted octanol–water partition coefficient (Wildman–Crippen LogP) is 5.84. The lowest BCUT2D eigenvalue weighted by Crippen LogP contribution is -2.10. The van der Waals surface area contributed by atoms with Crippen LogP contribution >= 0.6 is 23.4 Å². The number of Topliss-reactive ketones (excluding diaryl/α,β-unsaturated/α-hetero) is 1. The molecule has 4 rings (SSSR count). The van der Waals surface area contributed by atoms with Crippen LogP contribution in [0.25, 0.3) is 11.4 Å². The molecule has 0 N–H and O–H groups in total. The van der Waals surface area contributed by atoms with Crippen LogP contribution < -0.4 is 4.74 Å². The lowest BCUT2D eigenvalue weighted by atomic mass is 10.1. The Kier molecular flexibility index (Phi) is 6.39. The van der Waals surface area contributed by atoms with Crippen molar-refractivity contribution in [3.63, 3.8) is 0 Å². The van der Waals surface area contributed by atoms with Gasteiger partial charge in [-0.25, -0.2) is 4.39 Å². The van der Waals surface area contributed by atoms with Gasteiger partial charge in [0.05, 0.1) is 17.9 Å². The Bertz CT molecular complexity index is 1070. The molecule has 1 saturated carbocycles. The third kappa shape index (κ3) is 4.23. The molecule has 0 amide bonds. The third-order valence-corrected chi connectivity index (χ3v) is 6.55. The minimum Gasteiger partial charge on any atom is -0.494 e. The number of hydrogen-bond donors (Lipinski definition) is 0. The normalized spacial score (nSPS) is 14.2. The highest BCUT2D eigenvalue weighted by molar-refractivity contribution is 7.99. The molecule has 0 bridgehead atoms. The van der Waals surface area contributed by atoms with Gasteiger partial charge in [0.2, 0.25) is 0 Å². The van der Waals surface area contributed by atoms with E-state index in [0.717, 1.165) is 37.1 Å². The number of thioether (sulfide) groups is 1. The third-order valence-electron chi connectivity index (χ3n) is 5.28. The molecule has 0 atom stereocenters. The van der Waals surface area contributed by atoms with Gasteiger partial charge in [-0.15, -0.1) is 10.2 Å². The second-order valence-corrected chi connectivity index (χ2v) is 8.51. The van der Waals surface area contributed by atoms with E-state index in [0.29, 0.717) is 15.7 Å². The van der Waals surface area contributed by atoms with Crippen LogP contribution in [0.5, 0.6) is 5.75 Å². The smallest absolute Gasteiger partial charge is 0.192 e. The van der Waals surface area contributed by atoms with Crippen LogP contribution in [0.3, 0.4) is 0 Å². The monoisotopic (exact) mass is 445 g/mol. The van der Waals surface area contributed by atoms with Crippen molar-refractivity contribution in [1.29, 1.82) is 0 Å². The molecule has 30 heavy (non-hydrogen) atoms. The maximum atomic E-state index is 13.9. The number of benzene rings is 2. The molecule has 1 fully saturated rings. The van der Waals surface area contributed by atoms with Crippen LogP contribution in [0.1, 0.15) is 42.1 Å². The Labute approximate surface area is 183 Å². The maximum Gasteiger partial charge on any atom is 0.192 e. The zero-order valence-corrected chi connectivity index (χ0v) is 18.0. The van der Waals surface area contributed by atoms with Gasteiger partial charge in [0.1, 0.15) is 0 Å². The van der Waals surface area contributed by atoms with Crippen molar-refractivity contribution in [2.75, 3.05) is 12.9 Å². The van der Waals surface area contributed by atoms with Gasteiger partial charge in [-0.2, -0.15) is 0 Å². The molecule has 1 aliphatic rings. The number of rotatable bonds is 7. The van der Waals surface area contributed by atoms with Gasteiger partial charge in [-0.3, -0.25) is 9.36 Å². The number of methoxy groups -OCH3 is 1. The SMILES string of the molecule is COc1ccc(C(=O)CSc2nnc(-c3ccccc3Cl)n2C2CCCC2)cc1F. The first-order chi connectivity index (χ1) is 14.6. The minimum absolute atomic E-state index is 0.115. The Morgan fingerprint density at radius 2 is 2.00 bits per heavy atom. The summed E-state index contributed by atoms with van der Waals surface area (Å²) in [4.78, 5) is 12.6. The summed E-state index contributed by atoms with van der Waals surface area (Å²) in [6.45, 7) is 0. The van der Waals surface area contributed by atoms with Crippen molar-refractivity contribution >= 4 is 29.1 Å². The number of carbonyl (C=O) groups is 1. The van der Waals surface area contributed by atoms with Gasteiger partial charge < -0.3 is 4.74 Å². The van der Waals surface area contributed by atoms with E-state index in [9.17, 15) is 9.18 Å². The molecule has 1 aliphatic carbocycles. The number of nitrogens with zero attached hydrogens (tertiary/aromatic N) is 3. The van der Waals surface area contributed by atoms with E-state index >= 15 is 0 Å². The summed E-state index contributed by atoms with van der Waals surface area (Å²) >= 11 is 7.72. The second-order valence-electron chi connectivity index (χ2n) is 7.16. The van der Waals surface area contributed by atoms with E-state index in [4.69, 9.17) is 16.3 Å². The molecule has 0 spiro atoms. The first kappa shape index (κ1) is 20.9. The molecule has 156 valence electrons. The summed E-state index contributed by atoms with van der Waals surface area (Å²) in [5, 5.41) is 10.1. The summed E-state index contributed by atoms with van der Waals surface area (Å²) in [5.41, 5.74) is 1.13. The van der Waals surface area contributed by atoms with Crippen LogP contribution in [0.2, 0.25) is 5.02 Å². The summed E-state index contributed by atoms with van der Waals surface area (Å²) in [6, 6.07) is 12.1. The van der Waals surface area contributed by atoms with Crippen molar-refractivity contribution in [2.24, 2.45) is 0 Å². The molecule has 2 aromatic carbocycles. The van der Waals surface area contributed by atoms with Gasteiger partial charge in [-0.05, 0) is 43.2 Å². The number of carbonyl (C=O) groups excluding carboxylic acids is 1. The van der Waals surface area contributed by atoms with Gasteiger partial charge in [-0.1, -0.05) is 48.3 Å². The highest BCUT2D eigenvalue weighted by Gasteiger charge is 2.26. The fraction of sp³-hybridized carbons (Fsp3) is 0.318. The largest absolute Gasteiger partial charge is 0.494 e. The molecule has 3 aromatic rings. The molecule has 1 aromatic heterocycles. The van der Waals surface area contributed by atoms with E-state index in [-0.39, 0.29) is 23.3 Å². The Morgan fingerprint density at radius 1 is 1.23 bits per heavy atom. The van der Waals surface area contributed by atoms with Crippen LogP contribution in [0, 0.1) is 5.82 Å². The molecule has 8 heteroatoms. The topological polar surface area (TPSA) is 57.0 Å². The van der Waals surface area contributed by atoms with Gasteiger partial charge >= 0.3 is 0 Å². The average Bonchev–Trinajstić information content (AvgIpc) is 3.42. The van der Waals surface area contributed by atoms with E-state index in [1.165, 1.54) is 31.0 Å². The van der Waals surface area contributed by atoms with Crippen molar-refractivity contribution in [3.8, 4) is 17.1 Å². The second kappa shape index (κ2) is 9.18. The van der Waals surface area contributed by atoms with Crippen molar-refractivity contribution in [1.82, 2.24) is 14.8 Å². The summed E-state index contributed by atoms with van der Waals surface area (Å²) in [7, 11) is 1.39. The highest BCUT2D eigenvalue weighted by atomic mass is 35.5. The molecule has 0 saturated heterocycles. The minimum atomic E-state index is -0.552. The lowest BCUT2D eigenvalue weighted by molar-refractivity contribution is 0.102. The van der Waals surface area contributed by atoms with E-state index in [1.807, 2.05) is 24.3 Å². The predicted molar refractivity (Wildman–Crippen MR) is 116 cm³/mol. The van der Waals surface area contributed by atoms with Crippen LogP contribution in [0.4, 0.5) is 4.39 Å². The van der Waals surface area contributed by atoms with Gasteiger partial charge in [0.15, 0.2) is 28.3 Å². The van der Waals surface area contributed by atoms with Crippen LogP contribution in [0.15, 0.2) is 47.6 Å². The Hall–Kier alpha value is -2.38. The van der Waals surface area contributed by atoms with Crippen molar-refractivity contribution < 1.29 is 13.9 Å². The molecule has 0 aliphatic heterocycles. The number of aromatic nitrogens is 3. The standard InChI is InChI=1S/C22H21ClFN3O2S/c1-29-20-11-10-14(12-18(20)24)19(28)13-30-22-26-25-21(16-8-4-5-9-17(16)23)27(22)15-6-2-3-7-15/h4-5,8-12,15H,2-3,6-7,13H2,1H3. The first-order valence-electron chi connectivity index (χ1n) is 9.78. The molecule has 0 radical (unpaired) electrons. The summed E-state index contributed by atoms with van der Waals surface area (Å²) in [5.74, 6) is 0.242. The Balaban J connectivity index is 1.59. The fourth-order valence-electron chi connectivity index (χ4n) is 3.75. The first-order valence-corrected chi connectivity index (χ1v) is 11.1. The van der Waals surface area contributed by atoms with Crippen LogP contribution in [-0.2, 0) is 0 Å². The lowest BCUT2D eigenvalue weighted by Gasteiger charge is -2.17. The molecular formula is C22H21ClFN3O2S. The molecular weight excluding hydrogens is 425 g/mol. The highest BCUT2D eigenvalue weighted by Crippen LogP contribution is 2.38. The molecule has 5 nitrogen and oxygen atoms in total. The van der Waals surface area contributed by atoms with Crippen molar-refractivity contribution in [2.45, 2.75) is 36.9 Å². The zero-order chi connectivity index (χ0) is 21.1. The molecule has 0 unspecified atom stereocenters. The van der Waals surface area contributed by atoms with E-state index in [1.54, 1.807) is 6.07 Å². The van der Waals surface area contributed by atoms with Crippen LogP contribution in [-0.4, -0.2) is 33.4 Å². The summed E-state index contributed by atoms with van der Waals surface area (Å²) in [6.07, 6.45) is 4.39. The quantitative estimate of drug-likeness (QED) is 0.338. The fourth-order valence-corrected chi connectivity index (χ4v) is 4.87. The average molecular weight is 446 g/mol. The Morgan fingerprint density at radius 3 is 2.70 bits per heavy atom. The maximum absolute atomic E-state index is 13.9. The van der Waals surface area contributed by atoms with Gasteiger partial charge in [0.25, 0.3) is 0 Å². The van der Waals surface area contributed by atoms with Crippen molar-refractivity contribution in [3.05, 3.63) is 58.9 Å². The van der Waals surface area contributed by atoms with E-state index < -0.39 is 5.82 Å². The summed E-state index contributed by atoms with van der Waals surface area (Å²) < 4.78 is 21.0. The van der Waals surface area contributed by atoms with Gasteiger partial charge in [0, 0.05) is 17.2 Å².